The van der Waals surface area contributed by atoms with E-state index in [2.05, 4.69) is 5.10 Å². The normalized spacial score (nSPS) is 11.7. The Hall–Kier alpha value is -2.11. The zero-order valence-corrected chi connectivity index (χ0v) is 11.7. The molecule has 1 aromatic heterocycles. The summed E-state index contributed by atoms with van der Waals surface area (Å²) in [6.45, 7) is 1.94. The Morgan fingerprint density at radius 3 is 2.33 bits per heavy atom. The Morgan fingerprint density at radius 1 is 1.24 bits per heavy atom. The summed E-state index contributed by atoms with van der Waals surface area (Å²) in [5.41, 5.74) is 1.11. The molecule has 0 N–H and O–H groups in total. The molecule has 3 nitrogen and oxygen atoms in total. The molecule has 21 heavy (non-hydrogen) atoms. The summed E-state index contributed by atoms with van der Waals surface area (Å²) in [7, 11) is 1.68. The van der Waals surface area contributed by atoms with Gasteiger partial charge in [-0.3, -0.25) is 9.48 Å². The van der Waals surface area contributed by atoms with Gasteiger partial charge in [-0.05, 0) is 30.2 Å². The highest BCUT2D eigenvalue weighted by molar-refractivity contribution is 5.96. The maximum absolute atomic E-state index is 12.5. The molecule has 0 amide bonds. The van der Waals surface area contributed by atoms with E-state index in [1.807, 2.05) is 6.92 Å². The second-order valence-electron chi connectivity index (χ2n) is 4.79. The van der Waals surface area contributed by atoms with E-state index in [4.69, 9.17) is 0 Å². The summed E-state index contributed by atoms with van der Waals surface area (Å²) in [4.78, 5) is 12.2. The third-order valence-corrected chi connectivity index (χ3v) is 3.22. The van der Waals surface area contributed by atoms with Crippen molar-refractivity contribution < 1.29 is 18.0 Å². The van der Waals surface area contributed by atoms with Crippen LogP contribution in [-0.2, 0) is 26.1 Å². The van der Waals surface area contributed by atoms with Gasteiger partial charge in [0.1, 0.15) is 5.69 Å². The van der Waals surface area contributed by atoms with Gasteiger partial charge in [0.05, 0.1) is 11.3 Å². The van der Waals surface area contributed by atoms with E-state index in [1.54, 1.807) is 13.1 Å². The maximum Gasteiger partial charge on any atom is 0.416 e. The molecule has 0 aliphatic rings. The highest BCUT2D eigenvalue weighted by Crippen LogP contribution is 2.29. The number of hydrogen-bond acceptors (Lipinski definition) is 2. The van der Waals surface area contributed by atoms with Crippen LogP contribution in [-0.4, -0.2) is 15.6 Å². The second-order valence-corrected chi connectivity index (χ2v) is 4.79. The average molecular weight is 296 g/mol. The standard InChI is InChI=1S/C15H15F3N2O/c1-3-12-9-13(20(2)19-12)14(21)8-10-4-6-11(7-5-10)15(16,17)18/h4-7,9H,3,8H2,1-2H3. The summed E-state index contributed by atoms with van der Waals surface area (Å²) in [5.74, 6) is -0.163. The van der Waals surface area contributed by atoms with Gasteiger partial charge < -0.3 is 0 Å². The van der Waals surface area contributed by atoms with Crippen LogP contribution in [0.2, 0.25) is 0 Å². The first-order chi connectivity index (χ1) is 9.81. The van der Waals surface area contributed by atoms with E-state index in [9.17, 15) is 18.0 Å². The number of carbonyl (C=O) groups is 1. The molecule has 2 aromatic rings. The Morgan fingerprint density at radius 2 is 1.86 bits per heavy atom. The minimum Gasteiger partial charge on any atom is -0.292 e. The van der Waals surface area contributed by atoms with Crippen LogP contribution < -0.4 is 0 Å². The van der Waals surface area contributed by atoms with Gasteiger partial charge in [0.15, 0.2) is 5.78 Å². The van der Waals surface area contributed by atoms with Gasteiger partial charge in [0.25, 0.3) is 0 Å². The summed E-state index contributed by atoms with van der Waals surface area (Å²) < 4.78 is 38.9. The third-order valence-electron chi connectivity index (χ3n) is 3.22. The number of aryl methyl sites for hydroxylation is 2. The fraction of sp³-hybridized carbons (Fsp3) is 0.333. The number of nitrogens with zero attached hydrogens (tertiary/aromatic N) is 2. The van der Waals surface area contributed by atoms with Crippen LogP contribution in [0.1, 0.15) is 34.2 Å². The molecule has 1 heterocycles. The number of alkyl halides is 3. The summed E-state index contributed by atoms with van der Waals surface area (Å²) in [5, 5.41) is 4.19. The van der Waals surface area contributed by atoms with Crippen molar-refractivity contribution >= 4 is 5.78 Å². The first-order valence-corrected chi connectivity index (χ1v) is 6.53. The van der Waals surface area contributed by atoms with Crippen LogP contribution in [0.3, 0.4) is 0 Å². The predicted molar refractivity (Wildman–Crippen MR) is 72.1 cm³/mol. The van der Waals surface area contributed by atoms with Crippen molar-refractivity contribution in [1.29, 1.82) is 0 Å². The van der Waals surface area contributed by atoms with Crippen LogP contribution in [0, 0.1) is 0 Å². The molecule has 0 radical (unpaired) electrons. The van der Waals surface area contributed by atoms with Crippen LogP contribution in [0.4, 0.5) is 13.2 Å². The monoisotopic (exact) mass is 296 g/mol. The highest BCUT2D eigenvalue weighted by atomic mass is 19.4. The minimum atomic E-state index is -4.36. The number of ketones is 1. The molecule has 0 saturated heterocycles. The van der Waals surface area contributed by atoms with Gasteiger partial charge >= 0.3 is 6.18 Å². The molecule has 0 aliphatic heterocycles. The van der Waals surface area contributed by atoms with E-state index in [-0.39, 0.29) is 12.2 Å². The number of aromatic nitrogens is 2. The van der Waals surface area contributed by atoms with Crippen LogP contribution >= 0.6 is 0 Å². The highest BCUT2D eigenvalue weighted by Gasteiger charge is 2.30. The third kappa shape index (κ3) is 3.51. The van der Waals surface area contributed by atoms with Crippen molar-refractivity contribution in [3.8, 4) is 0 Å². The Kier molecular flexibility index (Phi) is 4.16. The lowest BCUT2D eigenvalue weighted by atomic mass is 10.0. The van der Waals surface area contributed by atoms with E-state index in [0.717, 1.165) is 24.2 Å². The number of Topliss-reactive ketones (excluding diaryl/α,β-unsaturated/α-hetero) is 1. The molecule has 0 atom stereocenters. The smallest absolute Gasteiger partial charge is 0.292 e. The van der Waals surface area contributed by atoms with E-state index < -0.39 is 11.7 Å². The predicted octanol–water partition coefficient (Wildman–Crippen LogP) is 3.43. The van der Waals surface area contributed by atoms with Crippen molar-refractivity contribution in [2.75, 3.05) is 0 Å². The first-order valence-electron chi connectivity index (χ1n) is 6.53. The van der Waals surface area contributed by atoms with Crippen LogP contribution in [0.25, 0.3) is 0 Å². The lowest BCUT2D eigenvalue weighted by molar-refractivity contribution is -0.137. The van der Waals surface area contributed by atoms with Crippen LogP contribution in [0.15, 0.2) is 30.3 Å². The quantitative estimate of drug-likeness (QED) is 0.810. The molecular formula is C15H15F3N2O. The van der Waals surface area contributed by atoms with E-state index >= 15 is 0 Å². The van der Waals surface area contributed by atoms with Crippen molar-refractivity contribution in [3.63, 3.8) is 0 Å². The van der Waals surface area contributed by atoms with Crippen molar-refractivity contribution in [3.05, 3.63) is 52.8 Å². The SMILES string of the molecule is CCc1cc(C(=O)Cc2ccc(C(F)(F)F)cc2)n(C)n1. The number of rotatable bonds is 4. The van der Waals surface area contributed by atoms with Gasteiger partial charge in [-0.1, -0.05) is 19.1 Å². The molecule has 1 aromatic carbocycles. The van der Waals surface area contributed by atoms with Gasteiger partial charge in [-0.15, -0.1) is 0 Å². The minimum absolute atomic E-state index is 0.0564. The molecule has 0 spiro atoms. The van der Waals surface area contributed by atoms with Crippen molar-refractivity contribution in [2.45, 2.75) is 25.9 Å². The number of carbonyl (C=O) groups excluding carboxylic acids is 1. The summed E-state index contributed by atoms with van der Waals surface area (Å²) >= 11 is 0. The second kappa shape index (κ2) is 5.71. The molecule has 0 unspecified atom stereocenters. The number of benzene rings is 1. The fourth-order valence-corrected chi connectivity index (χ4v) is 2.05. The average Bonchev–Trinajstić information content (AvgIpc) is 2.80. The zero-order valence-electron chi connectivity index (χ0n) is 11.7. The molecule has 112 valence electrons. The molecule has 0 fully saturated rings. The van der Waals surface area contributed by atoms with E-state index in [0.29, 0.717) is 11.3 Å². The maximum atomic E-state index is 12.5. The summed E-state index contributed by atoms with van der Waals surface area (Å²) in [6.07, 6.45) is -3.58. The molecular weight excluding hydrogens is 281 g/mol. The Balaban J connectivity index is 2.14. The lowest BCUT2D eigenvalue weighted by Crippen LogP contribution is -2.10. The van der Waals surface area contributed by atoms with Crippen molar-refractivity contribution in [2.24, 2.45) is 7.05 Å². The van der Waals surface area contributed by atoms with Gasteiger partial charge in [-0.25, -0.2) is 0 Å². The van der Waals surface area contributed by atoms with Crippen LogP contribution in [0.5, 0.6) is 0 Å². The number of halogens is 3. The van der Waals surface area contributed by atoms with Gasteiger partial charge in [0.2, 0.25) is 0 Å². The molecule has 2 rings (SSSR count). The molecule has 0 bridgehead atoms. The van der Waals surface area contributed by atoms with Crippen molar-refractivity contribution in [1.82, 2.24) is 9.78 Å². The van der Waals surface area contributed by atoms with Gasteiger partial charge in [0, 0.05) is 13.5 Å². The first kappa shape index (κ1) is 15.3. The number of hydrogen-bond donors (Lipinski definition) is 0. The Labute approximate surface area is 120 Å². The molecule has 6 heteroatoms. The molecule has 0 aliphatic carbocycles. The fourth-order valence-electron chi connectivity index (χ4n) is 2.05. The van der Waals surface area contributed by atoms with Gasteiger partial charge in [-0.2, -0.15) is 18.3 Å². The van der Waals surface area contributed by atoms with E-state index in [1.165, 1.54) is 16.8 Å². The summed E-state index contributed by atoms with van der Waals surface area (Å²) in [6, 6.07) is 6.36. The molecule has 0 saturated carbocycles. The Bertz CT molecular complexity index is 642. The lowest BCUT2D eigenvalue weighted by Gasteiger charge is -2.07. The topological polar surface area (TPSA) is 34.9 Å². The largest absolute Gasteiger partial charge is 0.416 e. The zero-order chi connectivity index (χ0) is 15.6.